The van der Waals surface area contributed by atoms with E-state index in [0.29, 0.717) is 5.54 Å². The van der Waals surface area contributed by atoms with Gasteiger partial charge in [0.2, 0.25) is 0 Å². The summed E-state index contributed by atoms with van der Waals surface area (Å²) in [7, 11) is 0. The fourth-order valence-electron chi connectivity index (χ4n) is 8.46. The quantitative estimate of drug-likeness (QED) is 0.0611. The van der Waals surface area contributed by atoms with Crippen molar-refractivity contribution in [2.24, 2.45) is 0 Å². The van der Waals surface area contributed by atoms with Crippen LogP contribution in [0, 0.1) is 0 Å². The van der Waals surface area contributed by atoms with Crippen LogP contribution in [-0.2, 0) is 0 Å². The molecule has 0 rings (SSSR count). The Morgan fingerprint density at radius 3 is 0.460 bits per heavy atom. The monoisotopic (exact) mass is 705 g/mol. The molecule has 0 aromatic heterocycles. The van der Waals surface area contributed by atoms with Crippen molar-refractivity contribution in [2.75, 3.05) is 0 Å². The van der Waals surface area contributed by atoms with Gasteiger partial charge in [-0.1, -0.05) is 271 Å². The van der Waals surface area contributed by atoms with Gasteiger partial charge in [-0.05, 0) is 19.3 Å². The molecule has 0 radical (unpaired) electrons. The zero-order valence-corrected chi connectivity index (χ0v) is 36.0. The maximum Gasteiger partial charge on any atom is 0.0945 e. The minimum absolute atomic E-state index is 0.366. The van der Waals surface area contributed by atoms with Gasteiger partial charge in [0.05, 0.1) is 5.54 Å². The standard InChI is InChI=1S/C49H101N/c1-4-7-10-13-16-19-22-25-28-31-34-37-40-43-46-49(50,47-44-41-38-35-32-29-26-23-20-17-14-11-8-5-2)48-45-42-39-36-33-30-27-24-21-18-15-12-9-6-3/h4-48,50H2,1-3H3/p+1. The van der Waals surface area contributed by atoms with Crippen LogP contribution in [0.3, 0.4) is 0 Å². The Morgan fingerprint density at radius 2 is 0.320 bits per heavy atom. The lowest BCUT2D eigenvalue weighted by atomic mass is 9.82. The van der Waals surface area contributed by atoms with Gasteiger partial charge in [0.25, 0.3) is 0 Å². The second kappa shape index (κ2) is 43.4. The van der Waals surface area contributed by atoms with E-state index < -0.39 is 0 Å². The Bertz CT molecular complexity index is 505. The molecule has 302 valence electrons. The highest BCUT2D eigenvalue weighted by Crippen LogP contribution is 2.26. The van der Waals surface area contributed by atoms with Gasteiger partial charge in [0.15, 0.2) is 0 Å². The minimum atomic E-state index is 0.366. The van der Waals surface area contributed by atoms with Crippen LogP contribution < -0.4 is 5.73 Å². The summed E-state index contributed by atoms with van der Waals surface area (Å²) in [5, 5.41) is 0. The lowest BCUT2D eigenvalue weighted by molar-refractivity contribution is -0.484. The fraction of sp³-hybridized carbons (Fsp3) is 1.00. The summed E-state index contributed by atoms with van der Waals surface area (Å²) in [6, 6.07) is 0. The lowest BCUT2D eigenvalue weighted by Gasteiger charge is -2.26. The van der Waals surface area contributed by atoms with E-state index in [2.05, 4.69) is 20.8 Å². The van der Waals surface area contributed by atoms with Gasteiger partial charge in [-0.3, -0.25) is 0 Å². The number of quaternary nitrogens is 1. The minimum Gasteiger partial charge on any atom is -0.353 e. The van der Waals surface area contributed by atoms with Gasteiger partial charge >= 0.3 is 0 Å². The molecular weight excluding hydrogens is 603 g/mol. The SMILES string of the molecule is CCCCCCCCCCCCCCCCC([NH3+])(CCCCCCCCCCCCCCCC)CCCCCCCCCCCCCCCC. The molecule has 0 amide bonds. The third-order valence-corrected chi connectivity index (χ3v) is 12.2. The van der Waals surface area contributed by atoms with E-state index in [-0.39, 0.29) is 0 Å². The number of hydrogen-bond acceptors (Lipinski definition) is 0. The van der Waals surface area contributed by atoms with Gasteiger partial charge in [-0.2, -0.15) is 0 Å². The molecule has 0 aromatic rings. The first kappa shape index (κ1) is 50.0. The molecule has 0 atom stereocenters. The Kier molecular flexibility index (Phi) is 43.3. The van der Waals surface area contributed by atoms with Crippen LogP contribution in [0.5, 0.6) is 0 Å². The maximum absolute atomic E-state index is 4.97. The van der Waals surface area contributed by atoms with Crippen molar-refractivity contribution >= 4 is 0 Å². The summed E-state index contributed by atoms with van der Waals surface area (Å²) in [5.74, 6) is 0. The van der Waals surface area contributed by atoms with Gasteiger partial charge < -0.3 is 5.73 Å². The van der Waals surface area contributed by atoms with Crippen molar-refractivity contribution in [3.63, 3.8) is 0 Å². The topological polar surface area (TPSA) is 27.6 Å². The van der Waals surface area contributed by atoms with Crippen molar-refractivity contribution in [3.8, 4) is 0 Å². The van der Waals surface area contributed by atoms with E-state index in [1.807, 2.05) is 0 Å². The lowest BCUT2D eigenvalue weighted by Crippen LogP contribution is -2.72. The second-order valence-corrected chi connectivity index (χ2v) is 17.5. The van der Waals surface area contributed by atoms with E-state index in [9.17, 15) is 0 Å². The highest BCUT2D eigenvalue weighted by atomic mass is 14.7. The summed E-state index contributed by atoms with van der Waals surface area (Å²) in [4.78, 5) is 0. The first-order valence-corrected chi connectivity index (χ1v) is 24.5. The van der Waals surface area contributed by atoms with Crippen molar-refractivity contribution in [3.05, 3.63) is 0 Å². The Hall–Kier alpha value is -0.0400. The molecule has 0 saturated heterocycles. The fourth-order valence-corrected chi connectivity index (χ4v) is 8.46. The maximum atomic E-state index is 4.97. The third kappa shape index (κ3) is 40.7. The van der Waals surface area contributed by atoms with Crippen LogP contribution in [0.25, 0.3) is 0 Å². The third-order valence-electron chi connectivity index (χ3n) is 12.2. The van der Waals surface area contributed by atoms with Crippen molar-refractivity contribution in [1.29, 1.82) is 0 Å². The van der Waals surface area contributed by atoms with Gasteiger partial charge in [-0.25, -0.2) is 0 Å². The predicted molar refractivity (Wildman–Crippen MR) is 230 cm³/mol. The Balaban J connectivity index is 4.07. The molecule has 0 spiro atoms. The molecule has 0 fully saturated rings. The molecule has 0 aliphatic heterocycles. The molecule has 50 heavy (non-hydrogen) atoms. The zero-order valence-electron chi connectivity index (χ0n) is 36.0. The number of hydrogen-bond donors (Lipinski definition) is 1. The van der Waals surface area contributed by atoms with Crippen molar-refractivity contribution < 1.29 is 5.73 Å². The average Bonchev–Trinajstić information content (AvgIpc) is 3.12. The Labute approximate surface area is 320 Å². The van der Waals surface area contributed by atoms with E-state index in [1.165, 1.54) is 289 Å². The van der Waals surface area contributed by atoms with E-state index in [1.54, 1.807) is 0 Å². The largest absolute Gasteiger partial charge is 0.353 e. The molecule has 1 heteroatoms. The molecule has 0 heterocycles. The van der Waals surface area contributed by atoms with E-state index >= 15 is 0 Å². The van der Waals surface area contributed by atoms with Gasteiger partial charge in [0.1, 0.15) is 0 Å². The first-order valence-electron chi connectivity index (χ1n) is 24.5. The number of rotatable bonds is 45. The highest BCUT2D eigenvalue weighted by Gasteiger charge is 2.27. The van der Waals surface area contributed by atoms with Crippen LogP contribution in [0.4, 0.5) is 0 Å². The summed E-state index contributed by atoms with van der Waals surface area (Å²) in [6.45, 7) is 6.95. The van der Waals surface area contributed by atoms with Crippen LogP contribution in [-0.4, -0.2) is 5.54 Å². The van der Waals surface area contributed by atoms with Gasteiger partial charge in [-0.15, -0.1) is 0 Å². The highest BCUT2D eigenvalue weighted by molar-refractivity contribution is 4.77. The smallest absolute Gasteiger partial charge is 0.0945 e. The summed E-state index contributed by atoms with van der Waals surface area (Å²) in [6.07, 6.45) is 65.5. The van der Waals surface area contributed by atoms with Crippen molar-refractivity contribution in [1.82, 2.24) is 0 Å². The molecule has 0 saturated carbocycles. The van der Waals surface area contributed by atoms with E-state index in [0.717, 1.165) is 0 Å². The molecule has 3 N–H and O–H groups in total. The Morgan fingerprint density at radius 1 is 0.200 bits per heavy atom. The zero-order chi connectivity index (χ0) is 36.3. The molecule has 0 bridgehead atoms. The molecule has 1 nitrogen and oxygen atoms in total. The molecule has 0 aromatic carbocycles. The normalized spacial score (nSPS) is 12.0. The van der Waals surface area contributed by atoms with Crippen molar-refractivity contribution in [2.45, 2.75) is 315 Å². The van der Waals surface area contributed by atoms with Crippen LogP contribution in [0.2, 0.25) is 0 Å². The molecule has 0 unspecified atom stereocenters. The summed E-state index contributed by atoms with van der Waals surface area (Å²) < 4.78 is 0. The van der Waals surface area contributed by atoms with Crippen LogP contribution in [0.1, 0.15) is 310 Å². The summed E-state index contributed by atoms with van der Waals surface area (Å²) >= 11 is 0. The molecule has 0 aliphatic carbocycles. The average molecular weight is 705 g/mol. The second-order valence-electron chi connectivity index (χ2n) is 17.5. The van der Waals surface area contributed by atoms with Crippen LogP contribution in [0.15, 0.2) is 0 Å². The molecular formula is C49H102N+. The predicted octanol–water partition coefficient (Wildman–Crippen LogP) is 17.6. The van der Waals surface area contributed by atoms with Gasteiger partial charge in [0, 0.05) is 19.3 Å². The van der Waals surface area contributed by atoms with E-state index in [4.69, 9.17) is 5.73 Å². The summed E-state index contributed by atoms with van der Waals surface area (Å²) in [5.41, 5.74) is 5.33. The first-order chi connectivity index (χ1) is 24.7. The number of unbranched alkanes of at least 4 members (excludes halogenated alkanes) is 39. The van der Waals surface area contributed by atoms with Crippen LogP contribution >= 0.6 is 0 Å². The molecule has 0 aliphatic rings.